The van der Waals surface area contributed by atoms with Crippen LogP contribution in [-0.4, -0.2) is 16.1 Å². The smallest absolute Gasteiger partial charge is 0.306 e. The molecule has 0 amide bonds. The Bertz CT molecular complexity index is 570. The summed E-state index contributed by atoms with van der Waals surface area (Å²) in [4.78, 5) is 15.2. The van der Waals surface area contributed by atoms with Gasteiger partial charge in [-0.25, -0.2) is 4.98 Å². The van der Waals surface area contributed by atoms with Crippen LogP contribution in [0.2, 0.25) is 0 Å². The molecule has 1 aromatic carbocycles. The first-order valence-electron chi connectivity index (χ1n) is 6.30. The molecule has 0 saturated heterocycles. The molecule has 0 aliphatic heterocycles. The van der Waals surface area contributed by atoms with Crippen molar-refractivity contribution in [3.05, 3.63) is 29.3 Å². The molecule has 1 aliphatic carbocycles. The van der Waals surface area contributed by atoms with Crippen LogP contribution in [0.4, 0.5) is 0 Å². The SMILES string of the molecule is O=C(O)C1CCC(c2ccc3ncsc3c2)CC1. The van der Waals surface area contributed by atoms with Crippen molar-refractivity contribution < 1.29 is 9.90 Å². The number of nitrogens with zero attached hydrogens (tertiary/aromatic N) is 1. The summed E-state index contributed by atoms with van der Waals surface area (Å²) in [7, 11) is 0. The van der Waals surface area contributed by atoms with Crippen molar-refractivity contribution in [2.75, 3.05) is 0 Å². The van der Waals surface area contributed by atoms with Gasteiger partial charge in [-0.2, -0.15) is 0 Å². The molecule has 1 heterocycles. The van der Waals surface area contributed by atoms with Crippen molar-refractivity contribution in [3.8, 4) is 0 Å². The normalized spacial score (nSPS) is 24.2. The third-order valence-corrected chi connectivity index (χ3v) is 4.69. The topological polar surface area (TPSA) is 50.2 Å². The minimum absolute atomic E-state index is 0.131. The molecule has 94 valence electrons. The minimum atomic E-state index is -0.633. The van der Waals surface area contributed by atoms with Gasteiger partial charge in [0.1, 0.15) is 0 Å². The number of aromatic nitrogens is 1. The zero-order valence-corrected chi connectivity index (χ0v) is 10.8. The van der Waals surface area contributed by atoms with Gasteiger partial charge in [0.25, 0.3) is 0 Å². The Balaban J connectivity index is 1.77. The van der Waals surface area contributed by atoms with E-state index in [4.69, 9.17) is 5.11 Å². The van der Waals surface area contributed by atoms with E-state index >= 15 is 0 Å². The molecule has 0 bridgehead atoms. The number of thiazole rings is 1. The summed E-state index contributed by atoms with van der Waals surface area (Å²) in [6.45, 7) is 0. The number of carbonyl (C=O) groups is 1. The Hall–Kier alpha value is -1.42. The van der Waals surface area contributed by atoms with Crippen molar-refractivity contribution in [1.82, 2.24) is 4.98 Å². The van der Waals surface area contributed by atoms with Crippen LogP contribution in [0.3, 0.4) is 0 Å². The molecular weight excluding hydrogens is 246 g/mol. The Morgan fingerprint density at radius 2 is 2.06 bits per heavy atom. The lowest BCUT2D eigenvalue weighted by atomic mass is 9.79. The Morgan fingerprint density at radius 1 is 1.28 bits per heavy atom. The largest absolute Gasteiger partial charge is 0.481 e. The predicted molar refractivity (Wildman–Crippen MR) is 72.0 cm³/mol. The van der Waals surface area contributed by atoms with Crippen molar-refractivity contribution >= 4 is 27.5 Å². The Morgan fingerprint density at radius 3 is 2.78 bits per heavy atom. The fraction of sp³-hybridized carbons (Fsp3) is 0.429. The monoisotopic (exact) mass is 261 g/mol. The molecule has 1 aliphatic rings. The van der Waals surface area contributed by atoms with Crippen LogP contribution in [0.5, 0.6) is 0 Å². The second-order valence-corrected chi connectivity index (χ2v) is 5.85. The average Bonchev–Trinajstić information content (AvgIpc) is 2.86. The van der Waals surface area contributed by atoms with Crippen molar-refractivity contribution in [3.63, 3.8) is 0 Å². The number of rotatable bonds is 2. The summed E-state index contributed by atoms with van der Waals surface area (Å²) in [5.41, 5.74) is 4.27. The maximum Gasteiger partial charge on any atom is 0.306 e. The van der Waals surface area contributed by atoms with Gasteiger partial charge < -0.3 is 5.11 Å². The lowest BCUT2D eigenvalue weighted by molar-refractivity contribution is -0.142. The molecule has 2 aromatic rings. The van der Waals surface area contributed by atoms with Gasteiger partial charge in [0, 0.05) is 0 Å². The maximum absolute atomic E-state index is 10.9. The standard InChI is InChI=1S/C14H15NO2S/c16-14(17)10-3-1-9(2-4-10)11-5-6-12-13(7-11)18-8-15-12/h5-10H,1-4H2,(H,16,17). The highest BCUT2D eigenvalue weighted by Gasteiger charge is 2.26. The first-order chi connectivity index (χ1) is 8.74. The maximum atomic E-state index is 10.9. The second-order valence-electron chi connectivity index (χ2n) is 4.97. The average molecular weight is 261 g/mol. The Kier molecular flexibility index (Phi) is 3.04. The highest BCUT2D eigenvalue weighted by Crippen LogP contribution is 2.37. The van der Waals surface area contributed by atoms with Crippen LogP contribution in [0.15, 0.2) is 23.7 Å². The molecule has 1 aromatic heterocycles. The number of hydrogen-bond donors (Lipinski definition) is 1. The number of carboxylic acid groups (broad SMARTS) is 1. The zero-order valence-electron chi connectivity index (χ0n) is 10.0. The molecule has 4 heteroatoms. The highest BCUT2D eigenvalue weighted by molar-refractivity contribution is 7.16. The molecule has 0 unspecified atom stereocenters. The van der Waals surface area contributed by atoms with E-state index in [2.05, 4.69) is 23.2 Å². The van der Waals surface area contributed by atoms with Gasteiger partial charge in [-0.1, -0.05) is 6.07 Å². The third-order valence-electron chi connectivity index (χ3n) is 3.90. The predicted octanol–water partition coefficient (Wildman–Crippen LogP) is 3.65. The van der Waals surface area contributed by atoms with Gasteiger partial charge in [0.2, 0.25) is 0 Å². The van der Waals surface area contributed by atoms with Crippen LogP contribution in [-0.2, 0) is 4.79 Å². The molecule has 1 N–H and O–H groups in total. The van der Waals surface area contributed by atoms with Crippen molar-refractivity contribution in [2.45, 2.75) is 31.6 Å². The molecule has 0 radical (unpaired) electrons. The van der Waals surface area contributed by atoms with E-state index in [0.717, 1.165) is 31.2 Å². The van der Waals surface area contributed by atoms with Crippen molar-refractivity contribution in [2.24, 2.45) is 5.92 Å². The lowest BCUT2D eigenvalue weighted by Crippen LogP contribution is -2.20. The summed E-state index contributed by atoms with van der Waals surface area (Å²) < 4.78 is 1.23. The van der Waals surface area contributed by atoms with Gasteiger partial charge >= 0.3 is 5.97 Å². The lowest BCUT2D eigenvalue weighted by Gasteiger charge is -2.26. The molecule has 0 atom stereocenters. The van der Waals surface area contributed by atoms with Crippen LogP contribution in [0, 0.1) is 5.92 Å². The summed E-state index contributed by atoms with van der Waals surface area (Å²) >= 11 is 1.67. The highest BCUT2D eigenvalue weighted by atomic mass is 32.1. The van der Waals surface area contributed by atoms with E-state index in [1.807, 2.05) is 5.51 Å². The van der Waals surface area contributed by atoms with E-state index in [1.54, 1.807) is 11.3 Å². The van der Waals surface area contributed by atoms with Crippen LogP contribution < -0.4 is 0 Å². The quantitative estimate of drug-likeness (QED) is 0.897. The molecular formula is C14H15NO2S. The van der Waals surface area contributed by atoms with E-state index in [1.165, 1.54) is 10.3 Å². The molecule has 1 fully saturated rings. The van der Waals surface area contributed by atoms with Gasteiger partial charge in [-0.05, 0) is 49.3 Å². The number of aliphatic carboxylic acids is 1. The number of fused-ring (bicyclic) bond motifs is 1. The molecule has 3 nitrogen and oxygen atoms in total. The summed E-state index contributed by atoms with van der Waals surface area (Å²) in [5, 5.41) is 9.00. The number of carboxylic acids is 1. The third kappa shape index (κ3) is 2.12. The fourth-order valence-corrected chi connectivity index (χ4v) is 3.52. The van der Waals surface area contributed by atoms with Gasteiger partial charge in [0.15, 0.2) is 0 Å². The summed E-state index contributed by atoms with van der Waals surface area (Å²) in [6.07, 6.45) is 3.59. The summed E-state index contributed by atoms with van der Waals surface area (Å²) in [5.74, 6) is -0.244. The molecule has 18 heavy (non-hydrogen) atoms. The fourth-order valence-electron chi connectivity index (χ4n) is 2.80. The first kappa shape index (κ1) is 11.7. The van der Waals surface area contributed by atoms with E-state index in [0.29, 0.717) is 5.92 Å². The van der Waals surface area contributed by atoms with Crippen LogP contribution >= 0.6 is 11.3 Å². The summed E-state index contributed by atoms with van der Waals surface area (Å²) in [6, 6.07) is 6.44. The molecule has 0 spiro atoms. The van der Waals surface area contributed by atoms with Crippen LogP contribution in [0.25, 0.3) is 10.2 Å². The van der Waals surface area contributed by atoms with Crippen molar-refractivity contribution in [1.29, 1.82) is 0 Å². The second kappa shape index (κ2) is 4.69. The van der Waals surface area contributed by atoms with Gasteiger partial charge in [-0.15, -0.1) is 11.3 Å². The minimum Gasteiger partial charge on any atom is -0.481 e. The van der Waals surface area contributed by atoms with Gasteiger partial charge in [-0.3, -0.25) is 4.79 Å². The van der Waals surface area contributed by atoms with Gasteiger partial charge in [0.05, 0.1) is 21.6 Å². The van der Waals surface area contributed by atoms with E-state index in [-0.39, 0.29) is 5.92 Å². The number of benzene rings is 1. The first-order valence-corrected chi connectivity index (χ1v) is 7.18. The zero-order chi connectivity index (χ0) is 12.5. The van der Waals surface area contributed by atoms with Crippen LogP contribution in [0.1, 0.15) is 37.2 Å². The Labute approximate surface area is 109 Å². The van der Waals surface area contributed by atoms with E-state index < -0.39 is 5.97 Å². The van der Waals surface area contributed by atoms with E-state index in [9.17, 15) is 4.79 Å². The molecule has 1 saturated carbocycles. The molecule has 3 rings (SSSR count). The number of hydrogen-bond acceptors (Lipinski definition) is 3.